The van der Waals surface area contributed by atoms with Crippen LogP contribution in [0.2, 0.25) is 0 Å². The molecule has 3 rings (SSSR count). The van der Waals surface area contributed by atoms with Gasteiger partial charge in [-0.25, -0.2) is 13.2 Å². The van der Waals surface area contributed by atoms with Gasteiger partial charge in [0.25, 0.3) is 0 Å². The summed E-state index contributed by atoms with van der Waals surface area (Å²) in [4.78, 5) is 0. The summed E-state index contributed by atoms with van der Waals surface area (Å²) in [5.41, 5.74) is 0.658. The second-order valence-electron chi connectivity index (χ2n) is 6.84. The lowest BCUT2D eigenvalue weighted by Crippen LogP contribution is -1.94. The first-order chi connectivity index (χ1) is 14.5. The zero-order chi connectivity index (χ0) is 21.5. The normalized spacial score (nSPS) is 12.3. The molecule has 3 aromatic carbocycles. The minimum Gasteiger partial charge on any atom is -0.490 e. The third-order valence-electron chi connectivity index (χ3n) is 4.77. The van der Waals surface area contributed by atoms with E-state index in [-0.39, 0.29) is 10.9 Å². The van der Waals surface area contributed by atoms with Crippen LogP contribution in [0.4, 0.5) is 13.2 Å². The Morgan fingerprint density at radius 1 is 1.00 bits per heavy atom. The van der Waals surface area contributed by atoms with Gasteiger partial charge in [0.15, 0.2) is 11.7 Å². The quantitative estimate of drug-likeness (QED) is 0.273. The first kappa shape index (κ1) is 21.4. The topological polar surface area (TPSA) is 9.23 Å². The first-order valence-corrected chi connectivity index (χ1v) is 9.77. The van der Waals surface area contributed by atoms with Crippen molar-refractivity contribution in [3.05, 3.63) is 102 Å². The molecule has 0 saturated carbocycles. The molecule has 0 N–H and O–H groups in total. The highest BCUT2D eigenvalue weighted by atomic mass is 19.2. The molecule has 4 heteroatoms. The lowest BCUT2D eigenvalue weighted by molar-refractivity contribution is 0.362. The van der Waals surface area contributed by atoms with E-state index in [4.69, 9.17) is 4.74 Å². The van der Waals surface area contributed by atoms with Crippen molar-refractivity contribution >= 4 is 22.4 Å². The number of ether oxygens (including phenoxy) is 1. The number of allylic oxidation sites excluding steroid dienone is 2. The molecular formula is C26H23F3O. The van der Waals surface area contributed by atoms with Crippen molar-refractivity contribution in [2.24, 2.45) is 0 Å². The molecule has 0 aliphatic heterocycles. The van der Waals surface area contributed by atoms with E-state index >= 15 is 0 Å². The maximum atomic E-state index is 14.9. The Labute approximate surface area is 174 Å². The summed E-state index contributed by atoms with van der Waals surface area (Å²) in [6.07, 6.45) is 7.11. The number of aryl methyl sites for hydroxylation is 1. The second-order valence-corrected chi connectivity index (χ2v) is 6.84. The predicted octanol–water partition coefficient (Wildman–Crippen LogP) is 7.82. The van der Waals surface area contributed by atoms with Gasteiger partial charge in [0.05, 0.1) is 0 Å². The summed E-state index contributed by atoms with van der Waals surface area (Å²) >= 11 is 0. The van der Waals surface area contributed by atoms with E-state index in [2.05, 4.69) is 6.58 Å². The van der Waals surface area contributed by atoms with Crippen LogP contribution in [0.5, 0.6) is 5.75 Å². The van der Waals surface area contributed by atoms with E-state index in [1.54, 1.807) is 30.3 Å². The Bertz CT molecular complexity index is 1100. The van der Waals surface area contributed by atoms with Crippen LogP contribution >= 0.6 is 0 Å². The van der Waals surface area contributed by atoms with Crippen molar-refractivity contribution in [3.8, 4) is 5.75 Å². The molecule has 0 radical (unpaired) electrons. The lowest BCUT2D eigenvalue weighted by Gasteiger charge is -2.09. The molecule has 0 unspecified atom stereocenters. The second kappa shape index (κ2) is 9.97. The zero-order valence-corrected chi connectivity index (χ0v) is 16.8. The number of halogens is 3. The molecule has 30 heavy (non-hydrogen) atoms. The van der Waals surface area contributed by atoms with Crippen molar-refractivity contribution in [1.82, 2.24) is 0 Å². The smallest absolute Gasteiger partial charge is 0.169 e. The van der Waals surface area contributed by atoms with E-state index in [0.29, 0.717) is 17.7 Å². The fraction of sp³-hybridized carbons (Fsp3) is 0.154. The van der Waals surface area contributed by atoms with Crippen LogP contribution in [-0.4, -0.2) is 6.61 Å². The minimum atomic E-state index is -1.23. The highest BCUT2D eigenvalue weighted by molar-refractivity contribution is 5.91. The lowest BCUT2D eigenvalue weighted by atomic mass is 10.00. The summed E-state index contributed by atoms with van der Waals surface area (Å²) in [7, 11) is 0. The molecule has 0 fully saturated rings. The van der Waals surface area contributed by atoms with Gasteiger partial charge in [-0.3, -0.25) is 0 Å². The van der Waals surface area contributed by atoms with Crippen molar-refractivity contribution < 1.29 is 17.9 Å². The van der Waals surface area contributed by atoms with Crippen LogP contribution in [-0.2, 0) is 6.42 Å². The molecule has 3 aromatic rings. The van der Waals surface area contributed by atoms with Gasteiger partial charge in [-0.1, -0.05) is 42.5 Å². The SMILES string of the molecule is C=CCCc1ccc2c(F)c(C(F)=C(F)c3ccc(OCC=CC)cc3)ccc2c1. The Morgan fingerprint density at radius 2 is 1.77 bits per heavy atom. The maximum Gasteiger partial charge on any atom is 0.169 e. The number of benzene rings is 3. The van der Waals surface area contributed by atoms with Crippen molar-refractivity contribution in [2.45, 2.75) is 19.8 Å². The summed E-state index contributed by atoms with van der Waals surface area (Å²) in [5, 5.41) is 0.902. The number of hydrogen-bond acceptors (Lipinski definition) is 1. The highest BCUT2D eigenvalue weighted by Gasteiger charge is 2.17. The van der Waals surface area contributed by atoms with Gasteiger partial charge >= 0.3 is 0 Å². The van der Waals surface area contributed by atoms with E-state index in [1.807, 2.05) is 31.2 Å². The van der Waals surface area contributed by atoms with E-state index in [0.717, 1.165) is 18.4 Å². The number of fused-ring (bicyclic) bond motifs is 1. The average Bonchev–Trinajstić information content (AvgIpc) is 2.77. The molecule has 0 amide bonds. The Kier molecular flexibility index (Phi) is 7.12. The van der Waals surface area contributed by atoms with Crippen LogP contribution in [0.15, 0.2) is 79.4 Å². The standard InChI is InChI=1S/C26H23F3O/c1-3-5-7-18-8-14-22-20(17-18)11-15-23(25(22)28)26(29)24(27)19-9-12-21(13-10-19)30-16-6-4-2/h3-4,6,8-15,17H,1,5,7,16H2,2H3. The van der Waals surface area contributed by atoms with E-state index in [9.17, 15) is 13.2 Å². The third-order valence-corrected chi connectivity index (χ3v) is 4.77. The van der Waals surface area contributed by atoms with Crippen LogP contribution in [0.25, 0.3) is 22.4 Å². The van der Waals surface area contributed by atoms with Crippen molar-refractivity contribution in [1.29, 1.82) is 0 Å². The Morgan fingerprint density at radius 3 is 2.47 bits per heavy atom. The average molecular weight is 408 g/mol. The van der Waals surface area contributed by atoms with Gasteiger partial charge in [-0.15, -0.1) is 6.58 Å². The van der Waals surface area contributed by atoms with Gasteiger partial charge in [-0.05, 0) is 61.0 Å². The Balaban J connectivity index is 1.90. The van der Waals surface area contributed by atoms with E-state index < -0.39 is 23.0 Å². The zero-order valence-electron chi connectivity index (χ0n) is 16.8. The molecule has 1 nitrogen and oxygen atoms in total. The summed E-state index contributed by atoms with van der Waals surface area (Å²) in [6, 6.07) is 14.1. The van der Waals surface area contributed by atoms with Gasteiger partial charge in [0.1, 0.15) is 18.2 Å². The fourth-order valence-electron chi connectivity index (χ4n) is 3.12. The number of hydrogen-bond donors (Lipinski definition) is 0. The van der Waals surface area contributed by atoms with Crippen LogP contribution in [0.1, 0.15) is 30.0 Å². The molecule has 0 aromatic heterocycles. The molecule has 0 bridgehead atoms. The van der Waals surface area contributed by atoms with Gasteiger partial charge in [-0.2, -0.15) is 0 Å². The third kappa shape index (κ3) is 4.82. The minimum absolute atomic E-state index is 0.0187. The molecule has 0 heterocycles. The largest absolute Gasteiger partial charge is 0.490 e. The van der Waals surface area contributed by atoms with Gasteiger partial charge in [0.2, 0.25) is 0 Å². The molecule has 0 saturated heterocycles. The van der Waals surface area contributed by atoms with Crippen LogP contribution in [0, 0.1) is 5.82 Å². The van der Waals surface area contributed by atoms with Crippen molar-refractivity contribution in [3.63, 3.8) is 0 Å². The molecule has 0 aliphatic rings. The molecule has 0 atom stereocenters. The molecule has 0 aliphatic carbocycles. The van der Waals surface area contributed by atoms with Gasteiger partial charge < -0.3 is 4.74 Å². The van der Waals surface area contributed by atoms with Gasteiger partial charge in [0, 0.05) is 16.5 Å². The predicted molar refractivity (Wildman–Crippen MR) is 118 cm³/mol. The van der Waals surface area contributed by atoms with Crippen LogP contribution in [0.3, 0.4) is 0 Å². The molecule has 0 spiro atoms. The monoisotopic (exact) mass is 408 g/mol. The number of rotatable bonds is 8. The molecule has 154 valence electrons. The fourth-order valence-corrected chi connectivity index (χ4v) is 3.12. The maximum absolute atomic E-state index is 14.9. The molecular weight excluding hydrogens is 385 g/mol. The van der Waals surface area contributed by atoms with Crippen molar-refractivity contribution in [2.75, 3.05) is 6.61 Å². The van der Waals surface area contributed by atoms with E-state index in [1.165, 1.54) is 18.2 Å². The summed E-state index contributed by atoms with van der Waals surface area (Å²) in [5.74, 6) is -2.58. The summed E-state index contributed by atoms with van der Waals surface area (Å²) < 4.78 is 49.9. The highest BCUT2D eigenvalue weighted by Crippen LogP contribution is 2.34. The summed E-state index contributed by atoms with van der Waals surface area (Å²) in [6.45, 7) is 5.96. The van der Waals surface area contributed by atoms with Crippen LogP contribution < -0.4 is 4.74 Å². The Hall–Kier alpha value is -3.27. The first-order valence-electron chi connectivity index (χ1n) is 9.77.